The number of likely N-dealkylation sites (N-methyl/N-ethyl adjacent to an activating group) is 1. The second-order valence-electron chi connectivity index (χ2n) is 7.48. The predicted octanol–water partition coefficient (Wildman–Crippen LogP) is 3.01. The molecule has 0 bridgehead atoms. The SMILES string of the molecule is CC1CC(C)(C)CC(CN)(N(C)C2CCC2)C1. The minimum atomic E-state index is 0.270. The van der Waals surface area contributed by atoms with E-state index in [2.05, 4.69) is 32.7 Å². The molecule has 0 aromatic rings. The maximum absolute atomic E-state index is 6.20. The molecule has 2 atom stereocenters. The largest absolute Gasteiger partial charge is 0.329 e. The Labute approximate surface area is 107 Å². The fourth-order valence-corrected chi connectivity index (χ4v) is 4.43. The molecule has 0 aromatic heterocycles. The number of hydrogen-bond donors (Lipinski definition) is 1. The van der Waals surface area contributed by atoms with Crippen LogP contribution in [0.1, 0.15) is 59.3 Å². The molecule has 0 radical (unpaired) electrons. The molecule has 2 saturated carbocycles. The summed E-state index contributed by atoms with van der Waals surface area (Å²) in [4.78, 5) is 2.65. The number of nitrogens with two attached hydrogens (primary N) is 1. The Kier molecular flexibility index (Phi) is 3.57. The lowest BCUT2D eigenvalue weighted by molar-refractivity contribution is -0.0378. The van der Waals surface area contributed by atoms with Crippen LogP contribution in [-0.2, 0) is 0 Å². The van der Waals surface area contributed by atoms with Crippen molar-refractivity contribution >= 4 is 0 Å². The van der Waals surface area contributed by atoms with E-state index in [0.29, 0.717) is 5.41 Å². The van der Waals surface area contributed by atoms with Crippen LogP contribution in [0.25, 0.3) is 0 Å². The Morgan fingerprint density at radius 3 is 2.29 bits per heavy atom. The van der Waals surface area contributed by atoms with Crippen molar-refractivity contribution in [3.63, 3.8) is 0 Å². The molecule has 0 saturated heterocycles. The minimum absolute atomic E-state index is 0.270. The molecule has 0 aliphatic heterocycles. The van der Waals surface area contributed by atoms with Gasteiger partial charge in [-0.2, -0.15) is 0 Å². The first-order chi connectivity index (χ1) is 7.88. The van der Waals surface area contributed by atoms with Crippen LogP contribution in [-0.4, -0.2) is 30.1 Å². The van der Waals surface area contributed by atoms with Crippen LogP contribution in [0.2, 0.25) is 0 Å². The van der Waals surface area contributed by atoms with Gasteiger partial charge in [0.2, 0.25) is 0 Å². The van der Waals surface area contributed by atoms with Gasteiger partial charge >= 0.3 is 0 Å². The summed E-state index contributed by atoms with van der Waals surface area (Å²) >= 11 is 0. The zero-order valence-electron chi connectivity index (χ0n) is 12.1. The average molecular weight is 238 g/mol. The van der Waals surface area contributed by atoms with Gasteiger partial charge in [-0.05, 0) is 50.5 Å². The first kappa shape index (κ1) is 13.4. The van der Waals surface area contributed by atoms with Gasteiger partial charge in [0.1, 0.15) is 0 Å². The highest BCUT2D eigenvalue weighted by molar-refractivity contribution is 5.02. The lowest BCUT2D eigenvalue weighted by Crippen LogP contribution is -2.61. The van der Waals surface area contributed by atoms with Crippen molar-refractivity contribution in [2.75, 3.05) is 13.6 Å². The Hall–Kier alpha value is -0.0800. The molecule has 0 heterocycles. The molecular weight excluding hydrogens is 208 g/mol. The Morgan fingerprint density at radius 1 is 1.24 bits per heavy atom. The Morgan fingerprint density at radius 2 is 1.88 bits per heavy atom. The zero-order valence-corrected chi connectivity index (χ0v) is 12.1. The number of nitrogens with zero attached hydrogens (tertiary/aromatic N) is 1. The molecule has 2 nitrogen and oxygen atoms in total. The maximum Gasteiger partial charge on any atom is 0.0339 e. The summed E-state index contributed by atoms with van der Waals surface area (Å²) in [6.07, 6.45) is 8.09. The third kappa shape index (κ3) is 2.53. The lowest BCUT2D eigenvalue weighted by Gasteiger charge is -2.55. The second kappa shape index (κ2) is 4.55. The second-order valence-corrected chi connectivity index (χ2v) is 7.48. The first-order valence-electron chi connectivity index (χ1n) is 7.32. The van der Waals surface area contributed by atoms with Gasteiger partial charge < -0.3 is 5.73 Å². The van der Waals surface area contributed by atoms with Gasteiger partial charge in [-0.1, -0.05) is 27.2 Å². The number of rotatable bonds is 3. The van der Waals surface area contributed by atoms with Gasteiger partial charge in [0.05, 0.1) is 0 Å². The van der Waals surface area contributed by atoms with Crippen LogP contribution >= 0.6 is 0 Å². The van der Waals surface area contributed by atoms with Gasteiger partial charge in [-0.3, -0.25) is 4.90 Å². The van der Waals surface area contributed by atoms with E-state index in [0.717, 1.165) is 18.5 Å². The third-order valence-electron chi connectivity index (χ3n) is 5.19. The van der Waals surface area contributed by atoms with E-state index in [4.69, 9.17) is 5.73 Å². The molecule has 2 aliphatic rings. The lowest BCUT2D eigenvalue weighted by atomic mass is 9.63. The van der Waals surface area contributed by atoms with Crippen molar-refractivity contribution in [2.45, 2.75) is 70.9 Å². The number of hydrogen-bond acceptors (Lipinski definition) is 2. The van der Waals surface area contributed by atoms with Crippen LogP contribution in [0.5, 0.6) is 0 Å². The van der Waals surface area contributed by atoms with Crippen LogP contribution in [0, 0.1) is 11.3 Å². The topological polar surface area (TPSA) is 29.3 Å². The zero-order chi connectivity index (χ0) is 12.7. The van der Waals surface area contributed by atoms with Crippen molar-refractivity contribution in [1.82, 2.24) is 4.90 Å². The Bertz CT molecular complexity index is 270. The van der Waals surface area contributed by atoms with Crippen LogP contribution in [0.15, 0.2) is 0 Å². The minimum Gasteiger partial charge on any atom is -0.329 e. The fraction of sp³-hybridized carbons (Fsp3) is 1.00. The van der Waals surface area contributed by atoms with Crippen molar-refractivity contribution < 1.29 is 0 Å². The highest BCUT2D eigenvalue weighted by Crippen LogP contribution is 2.47. The average Bonchev–Trinajstić information content (AvgIpc) is 2.11. The summed E-state index contributed by atoms with van der Waals surface area (Å²) in [5.74, 6) is 0.810. The van der Waals surface area contributed by atoms with Crippen LogP contribution < -0.4 is 5.73 Å². The molecule has 17 heavy (non-hydrogen) atoms. The summed E-state index contributed by atoms with van der Waals surface area (Å²) in [5.41, 5.74) is 6.92. The summed E-state index contributed by atoms with van der Waals surface area (Å²) in [6.45, 7) is 8.07. The van der Waals surface area contributed by atoms with E-state index in [1.54, 1.807) is 0 Å². The van der Waals surface area contributed by atoms with Gasteiger partial charge in [0, 0.05) is 18.1 Å². The molecule has 2 N–H and O–H groups in total. The first-order valence-corrected chi connectivity index (χ1v) is 7.32. The quantitative estimate of drug-likeness (QED) is 0.819. The van der Waals surface area contributed by atoms with Gasteiger partial charge in [0.25, 0.3) is 0 Å². The van der Waals surface area contributed by atoms with E-state index in [9.17, 15) is 0 Å². The van der Waals surface area contributed by atoms with Crippen molar-refractivity contribution in [2.24, 2.45) is 17.1 Å². The van der Waals surface area contributed by atoms with Crippen LogP contribution in [0.3, 0.4) is 0 Å². The van der Waals surface area contributed by atoms with E-state index in [1.165, 1.54) is 38.5 Å². The highest BCUT2D eigenvalue weighted by Gasteiger charge is 2.46. The molecule has 0 aromatic carbocycles. The molecule has 0 spiro atoms. The van der Waals surface area contributed by atoms with E-state index >= 15 is 0 Å². The summed E-state index contributed by atoms with van der Waals surface area (Å²) in [6, 6.07) is 0.805. The van der Waals surface area contributed by atoms with Crippen molar-refractivity contribution in [3.05, 3.63) is 0 Å². The standard InChI is InChI=1S/C15H30N2/c1-12-8-14(2,3)10-15(9-12,11-16)17(4)13-6-5-7-13/h12-13H,5-11,16H2,1-4H3. The smallest absolute Gasteiger partial charge is 0.0339 e. The van der Waals surface area contributed by atoms with Crippen LogP contribution in [0.4, 0.5) is 0 Å². The summed E-state index contributed by atoms with van der Waals surface area (Å²) in [7, 11) is 2.32. The van der Waals surface area contributed by atoms with E-state index in [1.807, 2.05) is 0 Å². The maximum atomic E-state index is 6.20. The molecule has 2 fully saturated rings. The molecule has 0 amide bonds. The van der Waals surface area contributed by atoms with E-state index in [-0.39, 0.29) is 5.54 Å². The normalized spacial score (nSPS) is 38.1. The summed E-state index contributed by atoms with van der Waals surface area (Å²) < 4.78 is 0. The van der Waals surface area contributed by atoms with Crippen molar-refractivity contribution in [1.29, 1.82) is 0 Å². The van der Waals surface area contributed by atoms with Gasteiger partial charge in [-0.15, -0.1) is 0 Å². The molecule has 2 unspecified atom stereocenters. The highest BCUT2D eigenvalue weighted by atomic mass is 15.2. The molecular formula is C15H30N2. The fourth-order valence-electron chi connectivity index (χ4n) is 4.43. The third-order valence-corrected chi connectivity index (χ3v) is 5.19. The molecule has 2 aliphatic carbocycles. The molecule has 100 valence electrons. The van der Waals surface area contributed by atoms with Gasteiger partial charge in [-0.25, -0.2) is 0 Å². The van der Waals surface area contributed by atoms with Gasteiger partial charge in [0.15, 0.2) is 0 Å². The molecule has 2 rings (SSSR count). The Balaban J connectivity index is 2.16. The summed E-state index contributed by atoms with van der Waals surface area (Å²) in [5, 5.41) is 0. The monoisotopic (exact) mass is 238 g/mol. The predicted molar refractivity (Wildman–Crippen MR) is 74.0 cm³/mol. The molecule has 2 heteroatoms. The van der Waals surface area contributed by atoms with Crippen molar-refractivity contribution in [3.8, 4) is 0 Å². The van der Waals surface area contributed by atoms with E-state index < -0.39 is 0 Å².